The molecule has 6 heteroatoms. The molecule has 0 fully saturated rings. The van der Waals surface area contributed by atoms with E-state index in [9.17, 15) is 14.4 Å². The fourth-order valence-electron chi connectivity index (χ4n) is 1.34. The first-order chi connectivity index (χ1) is 8.54. The molecule has 0 bridgehead atoms. The Morgan fingerprint density at radius 1 is 0.778 bits per heavy atom. The zero-order valence-corrected chi connectivity index (χ0v) is 11.1. The third kappa shape index (κ3) is 6.88. The van der Waals surface area contributed by atoms with Crippen molar-refractivity contribution in [2.45, 2.75) is 33.6 Å². The minimum atomic E-state index is -0.844. The van der Waals surface area contributed by atoms with Gasteiger partial charge in [-0.25, -0.2) is 0 Å². The van der Waals surface area contributed by atoms with Gasteiger partial charge >= 0.3 is 17.9 Å². The fourth-order valence-corrected chi connectivity index (χ4v) is 1.34. The first-order valence-corrected chi connectivity index (χ1v) is 6.02. The lowest BCUT2D eigenvalue weighted by molar-refractivity contribution is -0.158. The van der Waals surface area contributed by atoms with E-state index >= 15 is 0 Å². The number of hydrogen-bond donors (Lipinski definition) is 0. The summed E-state index contributed by atoms with van der Waals surface area (Å²) in [6.07, 6.45) is -0.350. The van der Waals surface area contributed by atoms with Gasteiger partial charge in [0.15, 0.2) is 0 Å². The van der Waals surface area contributed by atoms with Crippen LogP contribution in [0.15, 0.2) is 0 Å². The van der Waals surface area contributed by atoms with E-state index in [4.69, 9.17) is 14.2 Å². The quantitative estimate of drug-likeness (QED) is 0.480. The van der Waals surface area contributed by atoms with Crippen molar-refractivity contribution in [2.75, 3.05) is 19.8 Å². The highest BCUT2D eigenvalue weighted by Gasteiger charge is 2.27. The lowest BCUT2D eigenvalue weighted by Gasteiger charge is -2.13. The van der Waals surface area contributed by atoms with Crippen molar-refractivity contribution in [2.24, 2.45) is 5.92 Å². The van der Waals surface area contributed by atoms with Crippen LogP contribution < -0.4 is 0 Å². The van der Waals surface area contributed by atoms with Gasteiger partial charge in [-0.05, 0) is 20.8 Å². The fraction of sp³-hybridized carbons (Fsp3) is 0.750. The van der Waals surface area contributed by atoms with Crippen molar-refractivity contribution < 1.29 is 28.6 Å². The van der Waals surface area contributed by atoms with Crippen LogP contribution in [0.4, 0.5) is 0 Å². The van der Waals surface area contributed by atoms with E-state index in [1.807, 2.05) is 0 Å². The Morgan fingerprint density at radius 3 is 1.50 bits per heavy atom. The van der Waals surface area contributed by atoms with E-state index in [2.05, 4.69) is 0 Å². The maximum atomic E-state index is 11.6. The van der Waals surface area contributed by atoms with Crippen LogP contribution in [0.5, 0.6) is 0 Å². The molecule has 0 spiro atoms. The molecule has 18 heavy (non-hydrogen) atoms. The lowest BCUT2D eigenvalue weighted by atomic mass is 10.0. The van der Waals surface area contributed by atoms with Gasteiger partial charge in [0.1, 0.15) is 0 Å². The monoisotopic (exact) mass is 260 g/mol. The van der Waals surface area contributed by atoms with E-state index in [0.717, 1.165) is 0 Å². The maximum absolute atomic E-state index is 11.6. The lowest BCUT2D eigenvalue weighted by Crippen LogP contribution is -2.25. The average molecular weight is 260 g/mol. The Balaban J connectivity index is 4.46. The number of rotatable bonds is 8. The van der Waals surface area contributed by atoms with Gasteiger partial charge in [0.2, 0.25) is 0 Å². The summed E-state index contributed by atoms with van der Waals surface area (Å²) in [6, 6.07) is 0. The van der Waals surface area contributed by atoms with Crippen molar-refractivity contribution in [3.8, 4) is 0 Å². The molecule has 0 N–H and O–H groups in total. The molecule has 0 aromatic carbocycles. The summed E-state index contributed by atoms with van der Waals surface area (Å²) in [7, 11) is 0. The molecule has 0 amide bonds. The Kier molecular flexibility index (Phi) is 8.61. The van der Waals surface area contributed by atoms with Crippen LogP contribution in [0, 0.1) is 5.92 Å². The molecule has 6 nitrogen and oxygen atoms in total. The van der Waals surface area contributed by atoms with Gasteiger partial charge in [-0.1, -0.05) is 0 Å². The van der Waals surface area contributed by atoms with Crippen LogP contribution in [0.1, 0.15) is 33.6 Å². The van der Waals surface area contributed by atoms with Gasteiger partial charge in [0, 0.05) is 0 Å². The average Bonchev–Trinajstić information content (AvgIpc) is 2.29. The van der Waals surface area contributed by atoms with Crippen LogP contribution in [0.3, 0.4) is 0 Å². The normalized spacial score (nSPS) is 10.0. The minimum absolute atomic E-state index is 0.175. The largest absolute Gasteiger partial charge is 0.466 e. The second kappa shape index (κ2) is 9.44. The minimum Gasteiger partial charge on any atom is -0.466 e. The molecule has 0 aliphatic rings. The molecule has 0 rings (SSSR count). The molecule has 0 atom stereocenters. The van der Waals surface area contributed by atoms with E-state index in [1.54, 1.807) is 20.8 Å². The summed E-state index contributed by atoms with van der Waals surface area (Å²) >= 11 is 0. The van der Waals surface area contributed by atoms with Gasteiger partial charge in [-0.3, -0.25) is 14.4 Å². The molecular formula is C12H20O6. The van der Waals surface area contributed by atoms with E-state index < -0.39 is 23.8 Å². The smallest absolute Gasteiger partial charge is 0.310 e. The first kappa shape index (κ1) is 16.4. The zero-order chi connectivity index (χ0) is 14.0. The van der Waals surface area contributed by atoms with E-state index in [1.165, 1.54) is 0 Å². The summed E-state index contributed by atoms with van der Waals surface area (Å²) in [5, 5.41) is 0. The van der Waals surface area contributed by atoms with Crippen molar-refractivity contribution in [1.82, 2.24) is 0 Å². The Hall–Kier alpha value is -1.59. The van der Waals surface area contributed by atoms with Crippen molar-refractivity contribution in [3.05, 3.63) is 0 Å². The van der Waals surface area contributed by atoms with Gasteiger partial charge in [-0.2, -0.15) is 0 Å². The summed E-state index contributed by atoms with van der Waals surface area (Å²) in [5.41, 5.74) is 0. The predicted molar refractivity (Wildman–Crippen MR) is 62.6 cm³/mol. The number of ether oxygens (including phenoxy) is 3. The first-order valence-electron chi connectivity index (χ1n) is 6.02. The second-order valence-corrected chi connectivity index (χ2v) is 3.47. The van der Waals surface area contributed by atoms with Crippen molar-refractivity contribution >= 4 is 17.9 Å². The van der Waals surface area contributed by atoms with Crippen molar-refractivity contribution in [3.63, 3.8) is 0 Å². The van der Waals surface area contributed by atoms with Gasteiger partial charge in [0.25, 0.3) is 0 Å². The van der Waals surface area contributed by atoms with Crippen LogP contribution in [0.2, 0.25) is 0 Å². The SMILES string of the molecule is CCOC(=O)CC(CC(=O)OCC)C(=O)OCC. The summed E-state index contributed by atoms with van der Waals surface area (Å²) in [6.45, 7) is 5.65. The molecule has 0 saturated heterocycles. The third-order valence-electron chi connectivity index (χ3n) is 2.06. The van der Waals surface area contributed by atoms with Crippen LogP contribution in [-0.4, -0.2) is 37.7 Å². The highest BCUT2D eigenvalue weighted by atomic mass is 16.5. The predicted octanol–water partition coefficient (Wildman–Crippen LogP) is 1.07. The maximum Gasteiger partial charge on any atom is 0.310 e. The molecule has 104 valence electrons. The Morgan fingerprint density at radius 2 is 1.17 bits per heavy atom. The van der Waals surface area contributed by atoms with Crippen LogP contribution in [-0.2, 0) is 28.6 Å². The number of esters is 3. The highest BCUT2D eigenvalue weighted by Crippen LogP contribution is 2.13. The highest BCUT2D eigenvalue weighted by molar-refractivity contribution is 5.84. The topological polar surface area (TPSA) is 78.9 Å². The Bertz CT molecular complexity index is 266. The number of carbonyl (C=O) groups excluding carboxylic acids is 3. The van der Waals surface area contributed by atoms with Gasteiger partial charge < -0.3 is 14.2 Å². The van der Waals surface area contributed by atoms with Crippen molar-refractivity contribution in [1.29, 1.82) is 0 Å². The Labute approximate surface area is 107 Å². The number of carbonyl (C=O) groups is 3. The summed E-state index contributed by atoms with van der Waals surface area (Å²) in [4.78, 5) is 34.2. The number of hydrogen-bond acceptors (Lipinski definition) is 6. The molecule has 0 aromatic heterocycles. The van der Waals surface area contributed by atoms with E-state index in [0.29, 0.717) is 0 Å². The summed E-state index contributed by atoms with van der Waals surface area (Å²) in [5.74, 6) is -2.48. The van der Waals surface area contributed by atoms with Crippen LogP contribution in [0.25, 0.3) is 0 Å². The molecule has 0 aliphatic carbocycles. The third-order valence-corrected chi connectivity index (χ3v) is 2.06. The standard InChI is InChI=1S/C12H20O6/c1-4-16-10(13)7-9(12(15)18-6-3)8-11(14)17-5-2/h9H,4-8H2,1-3H3. The van der Waals surface area contributed by atoms with Gasteiger partial charge in [-0.15, -0.1) is 0 Å². The molecular weight excluding hydrogens is 240 g/mol. The molecule has 0 radical (unpaired) electrons. The second-order valence-electron chi connectivity index (χ2n) is 3.47. The molecule has 0 aromatic rings. The summed E-state index contributed by atoms with van der Waals surface area (Å²) < 4.78 is 14.3. The van der Waals surface area contributed by atoms with Crippen LogP contribution >= 0.6 is 0 Å². The molecule has 0 unspecified atom stereocenters. The molecule has 0 saturated carbocycles. The van der Waals surface area contributed by atoms with Gasteiger partial charge in [0.05, 0.1) is 38.6 Å². The molecule has 0 aliphatic heterocycles. The zero-order valence-electron chi connectivity index (χ0n) is 11.1. The van der Waals surface area contributed by atoms with E-state index in [-0.39, 0.29) is 32.7 Å². The molecule has 0 heterocycles.